The zero-order chi connectivity index (χ0) is 13.9. The second-order valence-corrected chi connectivity index (χ2v) is 6.96. The minimum absolute atomic E-state index is 0.757. The highest BCUT2D eigenvalue weighted by atomic mass is 15.1. The van der Waals surface area contributed by atoms with Gasteiger partial charge in [0.05, 0.1) is 0 Å². The SMILES string of the molecule is Cc1cccc(C2CC(NCC3CCCN(C)C3)C2)c1. The Morgan fingerprint density at radius 1 is 1.30 bits per heavy atom. The van der Waals surface area contributed by atoms with Crippen LogP contribution >= 0.6 is 0 Å². The first-order chi connectivity index (χ1) is 9.70. The molecule has 0 bridgehead atoms. The minimum Gasteiger partial charge on any atom is -0.314 e. The topological polar surface area (TPSA) is 15.3 Å². The predicted octanol–water partition coefficient (Wildman–Crippen LogP) is 3.17. The number of rotatable bonds is 4. The lowest BCUT2D eigenvalue weighted by Crippen LogP contribution is -2.45. The Morgan fingerprint density at radius 3 is 2.90 bits per heavy atom. The van der Waals surface area contributed by atoms with E-state index in [-0.39, 0.29) is 0 Å². The maximum Gasteiger partial charge on any atom is 0.00788 e. The molecule has 1 saturated carbocycles. The molecule has 0 spiro atoms. The zero-order valence-electron chi connectivity index (χ0n) is 12.9. The molecule has 2 fully saturated rings. The molecule has 1 aromatic carbocycles. The van der Waals surface area contributed by atoms with E-state index in [2.05, 4.69) is 48.5 Å². The van der Waals surface area contributed by atoms with Crippen molar-refractivity contribution in [2.75, 3.05) is 26.7 Å². The molecule has 1 N–H and O–H groups in total. The second kappa shape index (κ2) is 6.28. The maximum atomic E-state index is 3.80. The molecule has 0 amide bonds. The normalized spacial score (nSPS) is 31.0. The number of hydrogen-bond acceptors (Lipinski definition) is 2. The van der Waals surface area contributed by atoms with E-state index in [0.717, 1.165) is 17.9 Å². The molecule has 1 aromatic rings. The van der Waals surface area contributed by atoms with Crippen LogP contribution in [0.1, 0.15) is 42.7 Å². The summed E-state index contributed by atoms with van der Waals surface area (Å²) in [6, 6.07) is 9.80. The van der Waals surface area contributed by atoms with Crippen LogP contribution in [0.15, 0.2) is 24.3 Å². The van der Waals surface area contributed by atoms with Gasteiger partial charge in [-0.3, -0.25) is 0 Å². The van der Waals surface area contributed by atoms with Gasteiger partial charge in [-0.05, 0) is 70.1 Å². The number of aryl methyl sites for hydroxylation is 1. The summed E-state index contributed by atoms with van der Waals surface area (Å²) in [5.41, 5.74) is 2.93. The van der Waals surface area contributed by atoms with Crippen LogP contribution in [0.25, 0.3) is 0 Å². The van der Waals surface area contributed by atoms with E-state index in [1.165, 1.54) is 50.9 Å². The van der Waals surface area contributed by atoms with Gasteiger partial charge in [0.1, 0.15) is 0 Å². The Morgan fingerprint density at radius 2 is 2.15 bits per heavy atom. The van der Waals surface area contributed by atoms with Gasteiger partial charge in [0, 0.05) is 12.6 Å². The maximum absolute atomic E-state index is 3.80. The van der Waals surface area contributed by atoms with Crippen LogP contribution in [0.4, 0.5) is 0 Å². The van der Waals surface area contributed by atoms with Gasteiger partial charge in [-0.25, -0.2) is 0 Å². The third-order valence-corrected chi connectivity index (χ3v) is 5.07. The van der Waals surface area contributed by atoms with Crippen LogP contribution < -0.4 is 5.32 Å². The first-order valence-electron chi connectivity index (χ1n) is 8.19. The lowest BCUT2D eigenvalue weighted by Gasteiger charge is -2.38. The molecule has 3 rings (SSSR count). The van der Waals surface area contributed by atoms with Gasteiger partial charge in [-0.2, -0.15) is 0 Å². The Balaban J connectivity index is 1.40. The molecule has 1 aliphatic heterocycles. The first-order valence-corrected chi connectivity index (χ1v) is 8.19. The summed E-state index contributed by atoms with van der Waals surface area (Å²) in [5.74, 6) is 1.66. The van der Waals surface area contributed by atoms with Crippen molar-refractivity contribution >= 4 is 0 Å². The fourth-order valence-electron chi connectivity index (χ4n) is 3.75. The van der Waals surface area contributed by atoms with Crippen molar-refractivity contribution in [3.8, 4) is 0 Å². The number of benzene rings is 1. The number of nitrogens with one attached hydrogen (secondary N) is 1. The van der Waals surface area contributed by atoms with Crippen LogP contribution in [-0.2, 0) is 0 Å². The summed E-state index contributed by atoms with van der Waals surface area (Å²) in [6.45, 7) is 5.98. The smallest absolute Gasteiger partial charge is 0.00788 e. The van der Waals surface area contributed by atoms with Gasteiger partial charge in [0.25, 0.3) is 0 Å². The molecule has 0 aromatic heterocycles. The summed E-state index contributed by atoms with van der Waals surface area (Å²) in [5, 5.41) is 3.80. The van der Waals surface area contributed by atoms with E-state index < -0.39 is 0 Å². The molecule has 2 aliphatic rings. The van der Waals surface area contributed by atoms with Crippen molar-refractivity contribution in [2.24, 2.45) is 5.92 Å². The summed E-state index contributed by atoms with van der Waals surface area (Å²) in [7, 11) is 2.25. The summed E-state index contributed by atoms with van der Waals surface area (Å²) in [6.07, 6.45) is 5.43. The number of nitrogens with zero attached hydrogens (tertiary/aromatic N) is 1. The summed E-state index contributed by atoms with van der Waals surface area (Å²) >= 11 is 0. The standard InChI is InChI=1S/C18H28N2/c1-14-5-3-7-16(9-14)17-10-18(11-17)19-12-15-6-4-8-20(2)13-15/h3,5,7,9,15,17-19H,4,6,8,10-13H2,1-2H3. The van der Waals surface area contributed by atoms with Crippen molar-refractivity contribution in [2.45, 2.75) is 44.6 Å². The Kier molecular flexibility index (Phi) is 4.42. The number of piperidine rings is 1. The monoisotopic (exact) mass is 272 g/mol. The Bertz CT molecular complexity index is 437. The molecule has 1 aliphatic carbocycles. The van der Waals surface area contributed by atoms with Crippen LogP contribution in [0, 0.1) is 12.8 Å². The van der Waals surface area contributed by atoms with Crippen LogP contribution in [-0.4, -0.2) is 37.6 Å². The van der Waals surface area contributed by atoms with Crippen molar-refractivity contribution in [1.29, 1.82) is 0 Å². The highest BCUT2D eigenvalue weighted by Gasteiger charge is 2.30. The van der Waals surface area contributed by atoms with E-state index in [9.17, 15) is 0 Å². The van der Waals surface area contributed by atoms with Crippen LogP contribution in [0.2, 0.25) is 0 Å². The zero-order valence-corrected chi connectivity index (χ0v) is 12.9. The van der Waals surface area contributed by atoms with Crippen molar-refractivity contribution in [1.82, 2.24) is 10.2 Å². The third-order valence-electron chi connectivity index (χ3n) is 5.07. The third kappa shape index (κ3) is 3.42. The molecular formula is C18H28N2. The van der Waals surface area contributed by atoms with Gasteiger partial charge in [0.2, 0.25) is 0 Å². The van der Waals surface area contributed by atoms with Gasteiger partial charge in [-0.15, -0.1) is 0 Å². The van der Waals surface area contributed by atoms with Crippen LogP contribution in [0.3, 0.4) is 0 Å². The van der Waals surface area contributed by atoms with E-state index >= 15 is 0 Å². The summed E-state index contributed by atoms with van der Waals surface area (Å²) < 4.78 is 0. The Hall–Kier alpha value is -0.860. The average Bonchev–Trinajstić information content (AvgIpc) is 2.37. The molecule has 1 saturated heterocycles. The minimum atomic E-state index is 0.757. The molecular weight excluding hydrogens is 244 g/mol. The van der Waals surface area contributed by atoms with Gasteiger partial charge < -0.3 is 10.2 Å². The van der Waals surface area contributed by atoms with Crippen LogP contribution in [0.5, 0.6) is 0 Å². The molecule has 110 valence electrons. The van der Waals surface area contributed by atoms with E-state index in [1.807, 2.05) is 0 Å². The van der Waals surface area contributed by atoms with E-state index in [4.69, 9.17) is 0 Å². The van der Waals surface area contributed by atoms with E-state index in [1.54, 1.807) is 5.56 Å². The largest absolute Gasteiger partial charge is 0.314 e. The van der Waals surface area contributed by atoms with Gasteiger partial charge in [-0.1, -0.05) is 29.8 Å². The number of likely N-dealkylation sites (tertiary alicyclic amines) is 1. The summed E-state index contributed by atoms with van der Waals surface area (Å²) in [4.78, 5) is 2.48. The van der Waals surface area contributed by atoms with Crippen molar-refractivity contribution < 1.29 is 0 Å². The molecule has 0 radical (unpaired) electrons. The molecule has 2 nitrogen and oxygen atoms in total. The lowest BCUT2D eigenvalue weighted by molar-refractivity contribution is 0.190. The second-order valence-electron chi connectivity index (χ2n) is 6.96. The number of hydrogen-bond donors (Lipinski definition) is 1. The van der Waals surface area contributed by atoms with Crippen molar-refractivity contribution in [3.63, 3.8) is 0 Å². The molecule has 20 heavy (non-hydrogen) atoms. The fourth-order valence-corrected chi connectivity index (χ4v) is 3.75. The predicted molar refractivity (Wildman–Crippen MR) is 85.2 cm³/mol. The average molecular weight is 272 g/mol. The molecule has 1 atom stereocenters. The molecule has 1 heterocycles. The van der Waals surface area contributed by atoms with Gasteiger partial charge >= 0.3 is 0 Å². The quantitative estimate of drug-likeness (QED) is 0.905. The first kappa shape index (κ1) is 14.1. The molecule has 1 unspecified atom stereocenters. The Labute approximate surface area is 123 Å². The highest BCUT2D eigenvalue weighted by molar-refractivity contribution is 5.27. The van der Waals surface area contributed by atoms with Crippen molar-refractivity contribution in [3.05, 3.63) is 35.4 Å². The lowest BCUT2D eigenvalue weighted by atomic mass is 9.75. The molecule has 2 heteroatoms. The van der Waals surface area contributed by atoms with E-state index in [0.29, 0.717) is 0 Å². The highest BCUT2D eigenvalue weighted by Crippen LogP contribution is 2.37. The van der Waals surface area contributed by atoms with Gasteiger partial charge in [0.15, 0.2) is 0 Å². The fraction of sp³-hybridized carbons (Fsp3) is 0.667.